The van der Waals surface area contributed by atoms with Crippen molar-refractivity contribution in [3.63, 3.8) is 0 Å². The first-order valence-corrected chi connectivity index (χ1v) is 8.47. The number of para-hydroxylation sites is 1. The first-order valence-electron chi connectivity index (χ1n) is 8.09. The van der Waals surface area contributed by atoms with Gasteiger partial charge in [0.25, 0.3) is 0 Å². The molecular formula is C18H15ClN6O2. The smallest absolute Gasteiger partial charge is 0.408 e. The molecule has 2 N–H and O–H groups in total. The molecular weight excluding hydrogens is 368 g/mol. The number of fused-ring (bicyclic) bond motifs is 1. The molecule has 0 radical (unpaired) electrons. The fraction of sp³-hybridized carbons (Fsp3) is 0.111. The largest absolute Gasteiger partial charge is 0.420 e. The van der Waals surface area contributed by atoms with Gasteiger partial charge >= 0.3 is 5.76 Å². The minimum Gasteiger partial charge on any atom is -0.408 e. The molecule has 0 aliphatic rings. The minimum atomic E-state index is -0.524. The second-order valence-electron chi connectivity index (χ2n) is 5.87. The highest BCUT2D eigenvalue weighted by Gasteiger charge is 2.15. The zero-order valence-electron chi connectivity index (χ0n) is 14.3. The van der Waals surface area contributed by atoms with Gasteiger partial charge in [-0.05, 0) is 30.3 Å². The summed E-state index contributed by atoms with van der Waals surface area (Å²) in [5, 5.41) is 0.497. The zero-order chi connectivity index (χ0) is 19.0. The number of benzene rings is 2. The Kier molecular flexibility index (Phi) is 4.25. The van der Waals surface area contributed by atoms with Crippen molar-refractivity contribution in [2.24, 2.45) is 0 Å². The molecule has 0 unspecified atom stereocenters. The van der Waals surface area contributed by atoms with Crippen LogP contribution in [-0.4, -0.2) is 26.6 Å². The van der Waals surface area contributed by atoms with E-state index >= 15 is 0 Å². The van der Waals surface area contributed by atoms with Gasteiger partial charge in [-0.2, -0.15) is 15.0 Å². The maximum absolute atomic E-state index is 12.2. The highest BCUT2D eigenvalue weighted by atomic mass is 35.5. The van der Waals surface area contributed by atoms with Crippen LogP contribution in [0.3, 0.4) is 0 Å². The van der Waals surface area contributed by atoms with Crippen molar-refractivity contribution in [1.29, 1.82) is 0 Å². The molecule has 0 spiro atoms. The molecule has 9 heteroatoms. The first kappa shape index (κ1) is 17.0. The SMILES string of the molecule is CN(c1ccccc1)c1nc(N)nc(Cn2c(=O)oc3ccc(Cl)cc32)n1. The zero-order valence-corrected chi connectivity index (χ0v) is 15.1. The van der Waals surface area contributed by atoms with Crippen LogP contribution >= 0.6 is 11.6 Å². The van der Waals surface area contributed by atoms with E-state index in [0.717, 1.165) is 5.69 Å². The van der Waals surface area contributed by atoms with Gasteiger partial charge in [-0.25, -0.2) is 4.79 Å². The first-order chi connectivity index (χ1) is 13.0. The molecule has 27 heavy (non-hydrogen) atoms. The third kappa shape index (κ3) is 3.34. The lowest BCUT2D eigenvalue weighted by Gasteiger charge is -2.17. The molecule has 0 saturated carbocycles. The third-order valence-electron chi connectivity index (χ3n) is 4.06. The van der Waals surface area contributed by atoms with Gasteiger partial charge in [0.1, 0.15) is 0 Å². The van der Waals surface area contributed by atoms with Crippen LogP contribution in [0.4, 0.5) is 17.6 Å². The molecule has 0 aliphatic heterocycles. The van der Waals surface area contributed by atoms with Crippen molar-refractivity contribution in [3.05, 3.63) is 69.9 Å². The molecule has 0 aliphatic carbocycles. The van der Waals surface area contributed by atoms with Gasteiger partial charge in [0.05, 0.1) is 12.1 Å². The van der Waals surface area contributed by atoms with Crippen LogP contribution in [0.5, 0.6) is 0 Å². The Bertz CT molecular complexity index is 1170. The van der Waals surface area contributed by atoms with E-state index in [-0.39, 0.29) is 12.5 Å². The molecule has 8 nitrogen and oxygen atoms in total. The summed E-state index contributed by atoms with van der Waals surface area (Å²) in [4.78, 5) is 26.8. The Hall–Kier alpha value is -3.39. The number of nitrogens with zero attached hydrogens (tertiary/aromatic N) is 5. The fourth-order valence-electron chi connectivity index (χ4n) is 2.74. The van der Waals surface area contributed by atoms with Crippen molar-refractivity contribution in [2.75, 3.05) is 17.7 Å². The highest BCUT2D eigenvalue weighted by Crippen LogP contribution is 2.21. The maximum Gasteiger partial charge on any atom is 0.420 e. The van der Waals surface area contributed by atoms with Gasteiger partial charge in [0.15, 0.2) is 11.4 Å². The van der Waals surface area contributed by atoms with Crippen molar-refractivity contribution in [3.8, 4) is 0 Å². The summed E-state index contributed by atoms with van der Waals surface area (Å²) in [6.45, 7) is 0.0779. The predicted molar refractivity (Wildman–Crippen MR) is 103 cm³/mol. The molecule has 0 amide bonds. The van der Waals surface area contributed by atoms with Crippen LogP contribution in [0.2, 0.25) is 5.02 Å². The number of aromatic nitrogens is 4. The number of halogens is 1. The third-order valence-corrected chi connectivity index (χ3v) is 4.29. The van der Waals surface area contributed by atoms with E-state index in [2.05, 4.69) is 15.0 Å². The van der Waals surface area contributed by atoms with E-state index in [1.54, 1.807) is 23.1 Å². The molecule has 0 atom stereocenters. The van der Waals surface area contributed by atoms with Gasteiger partial charge < -0.3 is 15.1 Å². The summed E-state index contributed by atoms with van der Waals surface area (Å²) in [5.74, 6) is 0.258. The Morgan fingerprint density at radius 1 is 1.15 bits per heavy atom. The van der Waals surface area contributed by atoms with E-state index in [1.807, 2.05) is 37.4 Å². The molecule has 2 aromatic heterocycles. The topological polar surface area (TPSA) is 103 Å². The summed E-state index contributed by atoms with van der Waals surface area (Å²) in [6, 6.07) is 14.6. The van der Waals surface area contributed by atoms with Gasteiger partial charge in [0, 0.05) is 17.8 Å². The summed E-state index contributed by atoms with van der Waals surface area (Å²) in [6.07, 6.45) is 0. The molecule has 4 rings (SSSR count). The lowest BCUT2D eigenvalue weighted by molar-refractivity contribution is 0.513. The highest BCUT2D eigenvalue weighted by molar-refractivity contribution is 6.31. The van der Waals surface area contributed by atoms with Crippen LogP contribution < -0.4 is 16.4 Å². The molecule has 2 heterocycles. The molecule has 0 bridgehead atoms. The Morgan fingerprint density at radius 2 is 1.93 bits per heavy atom. The van der Waals surface area contributed by atoms with Crippen molar-refractivity contribution in [2.45, 2.75) is 6.54 Å². The molecule has 136 valence electrons. The molecule has 2 aromatic carbocycles. The molecule has 0 saturated heterocycles. The summed E-state index contributed by atoms with van der Waals surface area (Å²) in [7, 11) is 1.83. The number of nitrogen functional groups attached to an aromatic ring is 1. The minimum absolute atomic E-state index is 0.0664. The quantitative estimate of drug-likeness (QED) is 0.578. The van der Waals surface area contributed by atoms with Crippen LogP contribution in [0.1, 0.15) is 5.82 Å². The van der Waals surface area contributed by atoms with E-state index in [0.29, 0.717) is 27.9 Å². The van der Waals surface area contributed by atoms with Crippen molar-refractivity contribution in [1.82, 2.24) is 19.5 Å². The fourth-order valence-corrected chi connectivity index (χ4v) is 2.91. The normalized spacial score (nSPS) is 11.0. The summed E-state index contributed by atoms with van der Waals surface area (Å²) in [5.41, 5.74) is 7.75. The average Bonchev–Trinajstić information content (AvgIpc) is 2.96. The maximum atomic E-state index is 12.2. The second-order valence-corrected chi connectivity index (χ2v) is 6.31. The lowest BCUT2D eigenvalue weighted by Crippen LogP contribution is -2.20. The van der Waals surface area contributed by atoms with Crippen LogP contribution in [0.15, 0.2) is 57.7 Å². The van der Waals surface area contributed by atoms with Gasteiger partial charge in [-0.1, -0.05) is 29.8 Å². The summed E-state index contributed by atoms with van der Waals surface area (Å²) < 4.78 is 6.64. The lowest BCUT2D eigenvalue weighted by atomic mass is 10.3. The van der Waals surface area contributed by atoms with Crippen LogP contribution in [0.25, 0.3) is 11.1 Å². The van der Waals surface area contributed by atoms with Crippen molar-refractivity contribution >= 4 is 40.3 Å². The van der Waals surface area contributed by atoms with E-state index in [1.165, 1.54) is 4.57 Å². The van der Waals surface area contributed by atoms with Crippen LogP contribution in [-0.2, 0) is 6.54 Å². The van der Waals surface area contributed by atoms with Crippen molar-refractivity contribution < 1.29 is 4.42 Å². The Balaban J connectivity index is 1.74. The second kappa shape index (κ2) is 6.73. The van der Waals surface area contributed by atoms with E-state index in [9.17, 15) is 4.79 Å². The number of anilines is 3. The monoisotopic (exact) mass is 382 g/mol. The number of oxazole rings is 1. The van der Waals surface area contributed by atoms with Gasteiger partial charge in [-0.3, -0.25) is 4.57 Å². The van der Waals surface area contributed by atoms with Gasteiger partial charge in [-0.15, -0.1) is 0 Å². The average molecular weight is 383 g/mol. The number of nitrogens with two attached hydrogens (primary N) is 1. The van der Waals surface area contributed by atoms with Crippen LogP contribution in [0, 0.1) is 0 Å². The molecule has 4 aromatic rings. The van der Waals surface area contributed by atoms with E-state index in [4.69, 9.17) is 21.8 Å². The number of hydrogen-bond acceptors (Lipinski definition) is 7. The predicted octanol–water partition coefficient (Wildman–Crippen LogP) is 2.83. The standard InChI is InChI=1S/C18H15ClN6O2/c1-24(12-5-3-2-4-6-12)17-22-15(21-16(20)23-17)10-25-13-9-11(19)7-8-14(13)27-18(25)26/h2-9H,10H2,1H3,(H2,20,21,22,23). The molecule has 0 fully saturated rings. The Morgan fingerprint density at radius 3 is 2.70 bits per heavy atom. The Labute approximate surface area is 158 Å². The number of rotatable bonds is 4. The number of hydrogen-bond donors (Lipinski definition) is 1. The van der Waals surface area contributed by atoms with Gasteiger partial charge in [0.2, 0.25) is 11.9 Å². The van der Waals surface area contributed by atoms with E-state index < -0.39 is 5.76 Å². The summed E-state index contributed by atoms with van der Waals surface area (Å²) >= 11 is 6.04.